The highest BCUT2D eigenvalue weighted by atomic mass is 28.4. The Morgan fingerprint density at radius 2 is 2.14 bits per heavy atom. The summed E-state index contributed by atoms with van der Waals surface area (Å²) in [6.45, 7) is 8.69. The van der Waals surface area contributed by atoms with Crippen molar-refractivity contribution in [3.05, 3.63) is 0 Å². The van der Waals surface area contributed by atoms with Crippen LogP contribution in [0.15, 0.2) is 0 Å². The Hall–Kier alpha value is 0.531. The second-order valence-electron chi connectivity index (χ2n) is 3.92. The molecule has 0 aromatic carbocycles. The Balaban J connectivity index is 2.47. The smallest absolute Gasteiger partial charge is 0.375 e. The molecule has 0 N–H and O–H groups in total. The maximum absolute atomic E-state index is 5.94. The summed E-state index contributed by atoms with van der Waals surface area (Å²) in [5.74, 6) is 0. The average Bonchev–Trinajstić information content (AvgIpc) is 2.00. The fraction of sp³-hybridized carbons (Fsp3) is 1.00. The second kappa shape index (κ2) is 6.19. The van der Waals surface area contributed by atoms with E-state index in [4.69, 9.17) is 12.7 Å². The highest BCUT2D eigenvalue weighted by molar-refractivity contribution is 6.67. The molecule has 0 saturated carbocycles. The van der Waals surface area contributed by atoms with Crippen LogP contribution >= 0.6 is 0 Å². The van der Waals surface area contributed by atoms with Crippen LogP contribution in [0.25, 0.3) is 0 Å². The maximum Gasteiger partial charge on any atom is 0.375 e. The average molecular weight is 250 g/mol. The molecule has 1 aliphatic rings. The molecule has 83 valence electrons. The van der Waals surface area contributed by atoms with Gasteiger partial charge >= 0.3 is 9.28 Å². The highest BCUT2D eigenvalue weighted by Crippen LogP contribution is 2.15. The molecule has 3 unspecified atom stereocenters. The van der Waals surface area contributed by atoms with Gasteiger partial charge in [0.25, 0.3) is 9.28 Å². The van der Waals surface area contributed by atoms with Crippen LogP contribution in [0.3, 0.4) is 0 Å². The topological polar surface area (TPSA) is 27.7 Å². The van der Waals surface area contributed by atoms with E-state index < -0.39 is 27.6 Å². The van der Waals surface area contributed by atoms with Crippen LogP contribution in [-0.4, -0.2) is 33.7 Å². The molecule has 3 atom stereocenters. The van der Waals surface area contributed by atoms with Crippen LogP contribution < -0.4 is 0 Å². The lowest BCUT2D eigenvalue weighted by molar-refractivity contribution is 0.184. The SMILES string of the molecule is CCC[Si]1OC(C)C[SiH](C)O[SiH](C)O1. The summed E-state index contributed by atoms with van der Waals surface area (Å²) in [5, 5.41) is 0. The van der Waals surface area contributed by atoms with Crippen LogP contribution in [0.1, 0.15) is 20.3 Å². The van der Waals surface area contributed by atoms with E-state index in [9.17, 15) is 0 Å². The van der Waals surface area contributed by atoms with Gasteiger partial charge in [-0.05, 0) is 32.1 Å². The Bertz CT molecular complexity index is 156. The zero-order valence-electron chi connectivity index (χ0n) is 9.58. The minimum absolute atomic E-state index is 0.346. The molecule has 1 fully saturated rings. The molecular weight excluding hydrogens is 228 g/mol. The summed E-state index contributed by atoms with van der Waals surface area (Å²) < 4.78 is 17.8. The van der Waals surface area contributed by atoms with E-state index in [0.29, 0.717) is 6.10 Å². The van der Waals surface area contributed by atoms with Crippen LogP contribution in [0.4, 0.5) is 0 Å². The number of rotatable bonds is 2. The molecule has 0 bridgehead atoms. The van der Waals surface area contributed by atoms with E-state index in [2.05, 4.69) is 26.9 Å². The van der Waals surface area contributed by atoms with Gasteiger partial charge in [0.2, 0.25) is 0 Å². The van der Waals surface area contributed by atoms with Crippen molar-refractivity contribution in [2.75, 3.05) is 0 Å². The number of hydrogen-bond acceptors (Lipinski definition) is 3. The Kier molecular flexibility index (Phi) is 5.57. The summed E-state index contributed by atoms with van der Waals surface area (Å²) in [6, 6.07) is 2.23. The molecule has 0 amide bonds. The lowest BCUT2D eigenvalue weighted by Gasteiger charge is -2.29. The van der Waals surface area contributed by atoms with Crippen LogP contribution in [0.5, 0.6) is 0 Å². The molecule has 0 aromatic rings. The minimum Gasteiger partial charge on any atom is -0.441 e. The molecule has 14 heavy (non-hydrogen) atoms. The van der Waals surface area contributed by atoms with E-state index in [1.165, 1.54) is 0 Å². The lowest BCUT2D eigenvalue weighted by Crippen LogP contribution is -2.41. The fourth-order valence-electron chi connectivity index (χ4n) is 1.69. The zero-order valence-corrected chi connectivity index (χ0v) is 12.9. The maximum atomic E-state index is 5.94. The second-order valence-corrected chi connectivity index (χ2v) is 10.7. The summed E-state index contributed by atoms with van der Waals surface area (Å²) in [6.07, 6.45) is 1.49. The quantitative estimate of drug-likeness (QED) is 0.695. The van der Waals surface area contributed by atoms with Gasteiger partial charge in [0, 0.05) is 6.10 Å². The summed E-state index contributed by atoms with van der Waals surface area (Å²) >= 11 is 0. The third-order valence-corrected chi connectivity index (χ3v) is 10.8. The van der Waals surface area contributed by atoms with Crippen molar-refractivity contribution in [3.8, 4) is 0 Å². The molecule has 1 radical (unpaired) electrons. The first kappa shape index (κ1) is 12.6. The van der Waals surface area contributed by atoms with Gasteiger partial charge in [-0.1, -0.05) is 13.3 Å². The molecule has 0 spiro atoms. The first-order valence-corrected chi connectivity index (χ1v) is 11.5. The first-order chi connectivity index (χ1) is 6.61. The highest BCUT2D eigenvalue weighted by Gasteiger charge is 2.27. The third kappa shape index (κ3) is 4.37. The van der Waals surface area contributed by atoms with E-state index in [0.717, 1.165) is 18.5 Å². The lowest BCUT2D eigenvalue weighted by atomic mass is 10.5. The van der Waals surface area contributed by atoms with Gasteiger partial charge < -0.3 is 12.7 Å². The summed E-state index contributed by atoms with van der Waals surface area (Å²) in [4.78, 5) is 0. The normalized spacial score (nSPS) is 36.4. The molecule has 1 aliphatic heterocycles. The van der Waals surface area contributed by atoms with Crippen molar-refractivity contribution >= 4 is 27.6 Å². The molecular formula is C8H21O3Si3. The van der Waals surface area contributed by atoms with E-state index in [-0.39, 0.29) is 0 Å². The van der Waals surface area contributed by atoms with Crippen LogP contribution in [-0.2, 0) is 12.7 Å². The molecule has 0 aromatic heterocycles. The predicted octanol–water partition coefficient (Wildman–Crippen LogP) is 1.54. The summed E-state index contributed by atoms with van der Waals surface area (Å²) in [7, 11) is -3.38. The van der Waals surface area contributed by atoms with Crippen molar-refractivity contribution in [2.45, 2.75) is 51.6 Å². The van der Waals surface area contributed by atoms with E-state index in [1.807, 2.05) is 0 Å². The molecule has 1 rings (SSSR count). The Morgan fingerprint density at radius 3 is 2.79 bits per heavy atom. The van der Waals surface area contributed by atoms with Gasteiger partial charge in [-0.15, -0.1) is 0 Å². The van der Waals surface area contributed by atoms with Gasteiger partial charge in [0.05, 0.1) is 0 Å². The first-order valence-electron chi connectivity index (χ1n) is 5.46. The zero-order chi connectivity index (χ0) is 10.6. The largest absolute Gasteiger partial charge is 0.441 e. The van der Waals surface area contributed by atoms with Crippen LogP contribution in [0.2, 0.25) is 25.2 Å². The van der Waals surface area contributed by atoms with Crippen molar-refractivity contribution in [1.82, 2.24) is 0 Å². The fourth-order valence-corrected chi connectivity index (χ4v) is 9.94. The van der Waals surface area contributed by atoms with Crippen molar-refractivity contribution in [1.29, 1.82) is 0 Å². The predicted molar refractivity (Wildman–Crippen MR) is 64.4 cm³/mol. The van der Waals surface area contributed by atoms with E-state index in [1.54, 1.807) is 0 Å². The Labute approximate surface area is 92.2 Å². The standard InChI is InChI=1S/C8H21O3Si3/c1-5-6-14-9-8(2)7-12(3)10-13(4)11-14/h8,12-13H,5-7H2,1-4H3. The van der Waals surface area contributed by atoms with Gasteiger partial charge in [0.15, 0.2) is 9.04 Å². The summed E-state index contributed by atoms with van der Waals surface area (Å²) in [5.41, 5.74) is 0. The molecule has 1 saturated heterocycles. The third-order valence-electron chi connectivity index (χ3n) is 2.17. The van der Waals surface area contributed by atoms with Gasteiger partial charge in [-0.25, -0.2) is 0 Å². The van der Waals surface area contributed by atoms with Gasteiger partial charge in [-0.2, -0.15) is 0 Å². The van der Waals surface area contributed by atoms with Gasteiger partial charge in [0.1, 0.15) is 0 Å². The molecule has 0 aliphatic carbocycles. The molecule has 3 nitrogen and oxygen atoms in total. The Morgan fingerprint density at radius 1 is 1.43 bits per heavy atom. The van der Waals surface area contributed by atoms with Crippen molar-refractivity contribution in [3.63, 3.8) is 0 Å². The van der Waals surface area contributed by atoms with Gasteiger partial charge in [-0.3, -0.25) is 0 Å². The van der Waals surface area contributed by atoms with Crippen molar-refractivity contribution < 1.29 is 12.7 Å². The van der Waals surface area contributed by atoms with E-state index >= 15 is 0 Å². The monoisotopic (exact) mass is 249 g/mol. The van der Waals surface area contributed by atoms with Crippen molar-refractivity contribution in [2.24, 2.45) is 0 Å². The molecule has 1 heterocycles. The number of hydrogen-bond donors (Lipinski definition) is 0. The van der Waals surface area contributed by atoms with Crippen LogP contribution in [0, 0.1) is 0 Å². The molecule has 6 heteroatoms. The minimum atomic E-state index is -1.36.